The first-order valence-electron chi connectivity index (χ1n) is 17.6. The number of amides is 2. The maximum atomic E-state index is 13.4. The molecule has 4 aromatic rings. The van der Waals surface area contributed by atoms with Gasteiger partial charge in [0.05, 0.1) is 55.5 Å². The van der Waals surface area contributed by atoms with E-state index in [0.29, 0.717) is 49.1 Å². The van der Waals surface area contributed by atoms with Gasteiger partial charge in [-0.1, -0.05) is 42.5 Å². The summed E-state index contributed by atoms with van der Waals surface area (Å²) in [5.74, 6) is -0.140. The number of rotatable bonds is 8. The molecule has 2 aliphatic heterocycles. The van der Waals surface area contributed by atoms with Crippen molar-refractivity contribution >= 4 is 29.2 Å². The molecule has 2 aromatic heterocycles. The SMILES string of the molecule is C1COCCO1.C[C@H](NC(=O)c1cc(C#N)cnc1NCc1ccc(-c2cnc(N)c(C3=CCN(C(=O)OC(C)(C)C)CC3)n2)cc1)c1ccc(F)cc1. The Morgan fingerprint density at radius 1 is 1.04 bits per heavy atom. The van der Waals surface area contributed by atoms with Gasteiger partial charge in [-0.15, -0.1) is 0 Å². The molecule has 2 aliphatic rings. The van der Waals surface area contributed by atoms with E-state index in [2.05, 4.69) is 20.6 Å². The molecule has 0 radical (unpaired) electrons. The van der Waals surface area contributed by atoms with Gasteiger partial charge in [0, 0.05) is 31.4 Å². The zero-order valence-electron chi connectivity index (χ0n) is 30.9. The van der Waals surface area contributed by atoms with E-state index in [9.17, 15) is 19.2 Å². The second-order valence-corrected chi connectivity index (χ2v) is 13.6. The molecule has 14 heteroatoms. The van der Waals surface area contributed by atoms with Crippen LogP contribution in [0.3, 0.4) is 0 Å². The van der Waals surface area contributed by atoms with E-state index in [4.69, 9.17) is 24.9 Å². The lowest BCUT2D eigenvalue weighted by atomic mass is 10.0. The third-order valence-electron chi connectivity index (χ3n) is 8.40. The van der Waals surface area contributed by atoms with E-state index in [-0.39, 0.29) is 23.0 Å². The van der Waals surface area contributed by atoms with Crippen molar-refractivity contribution in [3.8, 4) is 17.3 Å². The van der Waals surface area contributed by atoms with Crippen molar-refractivity contribution in [3.63, 3.8) is 0 Å². The Hall–Kier alpha value is -5.91. The van der Waals surface area contributed by atoms with Crippen LogP contribution in [0.2, 0.25) is 0 Å². The molecule has 1 atom stereocenters. The Morgan fingerprint density at radius 2 is 1.72 bits per heavy atom. The fourth-order valence-electron chi connectivity index (χ4n) is 5.52. The summed E-state index contributed by atoms with van der Waals surface area (Å²) in [6.45, 7) is 11.6. The van der Waals surface area contributed by atoms with Crippen molar-refractivity contribution < 1.29 is 28.2 Å². The molecule has 4 heterocycles. The first-order valence-corrected chi connectivity index (χ1v) is 17.6. The number of benzene rings is 2. The minimum absolute atomic E-state index is 0.218. The number of pyridine rings is 1. The lowest BCUT2D eigenvalue weighted by Crippen LogP contribution is -2.39. The molecule has 0 spiro atoms. The Labute approximate surface area is 314 Å². The van der Waals surface area contributed by atoms with Crippen molar-refractivity contribution in [2.75, 3.05) is 50.6 Å². The number of halogens is 1. The van der Waals surface area contributed by atoms with E-state index in [1.165, 1.54) is 24.4 Å². The van der Waals surface area contributed by atoms with Crippen LogP contribution in [0.1, 0.15) is 72.9 Å². The monoisotopic (exact) mass is 736 g/mol. The van der Waals surface area contributed by atoms with Crippen LogP contribution in [-0.4, -0.2) is 77.0 Å². The van der Waals surface area contributed by atoms with Gasteiger partial charge in [-0.2, -0.15) is 5.26 Å². The van der Waals surface area contributed by atoms with Crippen LogP contribution in [0.4, 0.5) is 20.8 Å². The number of carbonyl (C=O) groups is 2. The molecule has 54 heavy (non-hydrogen) atoms. The highest BCUT2D eigenvalue weighted by Gasteiger charge is 2.25. The molecule has 0 unspecified atom stereocenters. The van der Waals surface area contributed by atoms with Gasteiger partial charge in [0.25, 0.3) is 5.91 Å². The van der Waals surface area contributed by atoms with Crippen LogP contribution in [-0.2, 0) is 20.8 Å². The van der Waals surface area contributed by atoms with Crippen molar-refractivity contribution in [3.05, 3.63) is 107 Å². The number of nitrogens with zero attached hydrogens (tertiary/aromatic N) is 5. The molecule has 0 aliphatic carbocycles. The predicted molar refractivity (Wildman–Crippen MR) is 202 cm³/mol. The predicted octanol–water partition coefficient (Wildman–Crippen LogP) is 6.29. The summed E-state index contributed by atoms with van der Waals surface area (Å²) in [4.78, 5) is 40.9. The number of nitrogens with one attached hydrogen (secondary N) is 2. The number of hydrogen-bond donors (Lipinski definition) is 3. The van der Waals surface area contributed by atoms with E-state index in [1.807, 2.05) is 57.2 Å². The van der Waals surface area contributed by atoms with Crippen LogP contribution in [0.25, 0.3) is 16.8 Å². The summed E-state index contributed by atoms with van der Waals surface area (Å²) < 4.78 is 28.7. The van der Waals surface area contributed by atoms with Crippen molar-refractivity contribution in [1.82, 2.24) is 25.2 Å². The molecule has 13 nitrogen and oxygen atoms in total. The molecule has 0 bridgehead atoms. The molecular formula is C40H45FN8O5. The average molecular weight is 737 g/mol. The first kappa shape index (κ1) is 39.3. The quantitative estimate of drug-likeness (QED) is 0.185. The van der Waals surface area contributed by atoms with Crippen molar-refractivity contribution in [2.45, 2.75) is 52.3 Å². The molecule has 4 N–H and O–H groups in total. The molecular weight excluding hydrogens is 691 g/mol. The Balaban J connectivity index is 0.000000850. The van der Waals surface area contributed by atoms with Crippen LogP contribution in [0.5, 0.6) is 0 Å². The van der Waals surface area contributed by atoms with Gasteiger partial charge in [-0.3, -0.25) is 4.79 Å². The van der Waals surface area contributed by atoms with Crippen molar-refractivity contribution in [1.29, 1.82) is 5.26 Å². The topological polar surface area (TPSA) is 178 Å². The maximum Gasteiger partial charge on any atom is 0.410 e. The van der Waals surface area contributed by atoms with Crippen molar-refractivity contribution in [2.24, 2.45) is 0 Å². The second-order valence-electron chi connectivity index (χ2n) is 13.6. The molecule has 2 aromatic carbocycles. The fraction of sp³-hybridized carbons (Fsp3) is 0.350. The van der Waals surface area contributed by atoms with Gasteiger partial charge in [0.15, 0.2) is 0 Å². The molecule has 0 saturated carbocycles. The van der Waals surface area contributed by atoms with Gasteiger partial charge in [0.1, 0.15) is 34.8 Å². The molecule has 282 valence electrons. The number of nitrogen functional groups attached to an aromatic ring is 1. The Kier molecular flexibility index (Phi) is 13.3. The van der Waals surface area contributed by atoms with Crippen LogP contribution in [0, 0.1) is 17.1 Å². The summed E-state index contributed by atoms with van der Waals surface area (Å²) >= 11 is 0. The van der Waals surface area contributed by atoms with E-state index >= 15 is 0 Å². The smallest absolute Gasteiger partial charge is 0.410 e. The number of nitriles is 1. The number of anilines is 2. The zero-order chi connectivity index (χ0) is 38.7. The highest BCUT2D eigenvalue weighted by atomic mass is 19.1. The second kappa shape index (κ2) is 18.2. The van der Waals surface area contributed by atoms with Gasteiger partial charge < -0.3 is 35.5 Å². The molecule has 1 saturated heterocycles. The van der Waals surface area contributed by atoms with Crippen LogP contribution < -0.4 is 16.4 Å². The minimum Gasteiger partial charge on any atom is -0.444 e. The Morgan fingerprint density at radius 3 is 2.31 bits per heavy atom. The third kappa shape index (κ3) is 11.0. The van der Waals surface area contributed by atoms with E-state index in [1.54, 1.807) is 30.2 Å². The number of hydrogen-bond acceptors (Lipinski definition) is 11. The van der Waals surface area contributed by atoms with E-state index < -0.39 is 17.6 Å². The number of nitrogens with two attached hydrogens (primary N) is 1. The summed E-state index contributed by atoms with van der Waals surface area (Å²) in [6.07, 6.45) is 5.18. The number of aromatic nitrogens is 3. The standard InChI is InChI=1S/C36H37FN8O3.C4H8O2/c1-22(25-9-11-28(37)12-10-25)43-34(46)29-17-24(18-38)20-42-33(29)41-19-23-5-7-26(8-6-23)30-21-40-32(39)31(44-30)27-13-15-45(16-14-27)35(47)48-36(2,3)4;1-2-6-4-3-5-1/h5-13,17,20-22H,14-16,19H2,1-4H3,(H2,39,40)(H,41,42)(H,43,46);1-4H2/t22-;/m0./s1. The Bertz CT molecular complexity index is 1980. The normalized spacial score (nSPS) is 14.7. The van der Waals surface area contributed by atoms with E-state index in [0.717, 1.165) is 48.7 Å². The van der Waals surface area contributed by atoms with Crippen LogP contribution in [0.15, 0.2) is 73.1 Å². The molecule has 6 rings (SSSR count). The summed E-state index contributed by atoms with van der Waals surface area (Å²) in [6, 6.07) is 16.7. The lowest BCUT2D eigenvalue weighted by molar-refractivity contribution is -0.0334. The average Bonchev–Trinajstić information content (AvgIpc) is 3.18. The maximum absolute atomic E-state index is 13.4. The molecule has 2 amide bonds. The first-order chi connectivity index (χ1) is 25.9. The minimum atomic E-state index is -0.567. The lowest BCUT2D eigenvalue weighted by Gasteiger charge is -2.29. The fourth-order valence-corrected chi connectivity index (χ4v) is 5.52. The summed E-state index contributed by atoms with van der Waals surface area (Å²) in [5.41, 5.74) is 10.8. The summed E-state index contributed by atoms with van der Waals surface area (Å²) in [5, 5.41) is 15.5. The number of ether oxygens (including phenoxy) is 3. The summed E-state index contributed by atoms with van der Waals surface area (Å²) in [7, 11) is 0. The largest absolute Gasteiger partial charge is 0.444 e. The highest BCUT2D eigenvalue weighted by Crippen LogP contribution is 2.28. The van der Waals surface area contributed by atoms with Crippen LogP contribution >= 0.6 is 0 Å². The molecule has 1 fully saturated rings. The zero-order valence-corrected chi connectivity index (χ0v) is 30.9. The van der Waals surface area contributed by atoms with Gasteiger partial charge in [-0.25, -0.2) is 24.1 Å². The van der Waals surface area contributed by atoms with Gasteiger partial charge in [-0.05, 0) is 69.0 Å². The number of carbonyl (C=O) groups excluding carboxylic acids is 2. The highest BCUT2D eigenvalue weighted by molar-refractivity contribution is 5.99. The van der Waals surface area contributed by atoms with Gasteiger partial charge >= 0.3 is 6.09 Å². The van der Waals surface area contributed by atoms with Gasteiger partial charge in [0.2, 0.25) is 0 Å². The third-order valence-corrected chi connectivity index (χ3v) is 8.40.